The molecule has 0 saturated carbocycles. The second-order valence-corrected chi connectivity index (χ2v) is 9.24. The highest BCUT2D eigenvalue weighted by atomic mass is 35.5. The number of hydrogen-bond donors (Lipinski definition) is 4. The van der Waals surface area contributed by atoms with E-state index >= 15 is 0 Å². The molecule has 33 heavy (non-hydrogen) atoms. The zero-order chi connectivity index (χ0) is 24.3. The molecule has 2 amide bonds. The molecular weight excluding hydrogens is 472 g/mol. The molecule has 2 aromatic rings. The summed E-state index contributed by atoms with van der Waals surface area (Å²) < 4.78 is 28.1. The van der Waals surface area contributed by atoms with Crippen molar-refractivity contribution >= 4 is 40.6 Å². The van der Waals surface area contributed by atoms with Crippen LogP contribution in [-0.2, 0) is 0 Å². The molecule has 1 unspecified atom stereocenters. The molecule has 0 radical (unpaired) electrons. The molecule has 2 aromatic heterocycles. The van der Waals surface area contributed by atoms with E-state index in [4.69, 9.17) is 17.3 Å². The Morgan fingerprint density at radius 1 is 1.33 bits per heavy atom. The molecule has 0 spiro atoms. The highest BCUT2D eigenvalue weighted by Crippen LogP contribution is 2.34. The predicted octanol–water partition coefficient (Wildman–Crippen LogP) is 5.05. The third-order valence-electron chi connectivity index (χ3n) is 4.99. The zero-order valence-electron chi connectivity index (χ0n) is 18.3. The highest BCUT2D eigenvalue weighted by molar-refractivity contribution is 7.13. The molecule has 1 aliphatic rings. The van der Waals surface area contributed by atoms with Crippen LogP contribution in [-0.4, -0.2) is 27.7 Å². The maximum Gasteiger partial charge on any atom is 0.272 e. The number of carbonyl (C=O) groups is 2. The Morgan fingerprint density at radius 3 is 2.70 bits per heavy atom. The van der Waals surface area contributed by atoms with Gasteiger partial charge < -0.3 is 21.4 Å². The van der Waals surface area contributed by atoms with Crippen molar-refractivity contribution in [1.82, 2.24) is 20.6 Å². The van der Waals surface area contributed by atoms with Gasteiger partial charge in [0.15, 0.2) is 0 Å². The number of aromatic amines is 1. The van der Waals surface area contributed by atoms with Gasteiger partial charge in [0.25, 0.3) is 17.7 Å². The van der Waals surface area contributed by atoms with Crippen molar-refractivity contribution in [2.45, 2.75) is 45.6 Å². The van der Waals surface area contributed by atoms with Crippen molar-refractivity contribution in [2.75, 3.05) is 5.73 Å². The van der Waals surface area contributed by atoms with Crippen LogP contribution in [0.2, 0.25) is 0 Å². The number of alkyl halides is 2. The number of rotatable bonds is 6. The number of carbonyl (C=O) groups excluding carboxylic acids is 2. The third-order valence-corrected chi connectivity index (χ3v) is 6.53. The maximum atomic E-state index is 14.1. The van der Waals surface area contributed by atoms with Gasteiger partial charge in [0.1, 0.15) is 21.4 Å². The van der Waals surface area contributed by atoms with Gasteiger partial charge in [-0.05, 0) is 50.5 Å². The number of thiazole rings is 1. The van der Waals surface area contributed by atoms with Crippen LogP contribution in [0.5, 0.6) is 0 Å². The summed E-state index contributed by atoms with van der Waals surface area (Å²) in [5, 5.41) is 5.96. The summed E-state index contributed by atoms with van der Waals surface area (Å²) in [6.45, 7) is 4.27. The van der Waals surface area contributed by atoms with E-state index in [0.717, 1.165) is 23.8 Å². The van der Waals surface area contributed by atoms with Crippen LogP contribution in [0.3, 0.4) is 0 Å². The molecule has 0 saturated heterocycles. The maximum absolute atomic E-state index is 14.1. The summed E-state index contributed by atoms with van der Waals surface area (Å²) in [5.41, 5.74) is 6.57. The monoisotopic (exact) mass is 495 g/mol. The fourth-order valence-corrected chi connectivity index (χ4v) is 4.28. The SMILES string of the molecule is CC1=C(NC(=O)c2cnc(C(C)NC(=O)c3ccc(N)[nH]3)s2)C=C(C(C)(F)F)C(Cl)=CCC1. The zero-order valence-corrected chi connectivity index (χ0v) is 19.8. The number of nitrogens with zero attached hydrogens (tertiary/aromatic N) is 1. The standard InChI is InChI=1S/C22H24ClF2N5O2S/c1-11-5-4-6-14(23)13(22(3,24)25)9-16(11)30-20(32)17-10-27-21(33-17)12(2)28-19(31)15-7-8-18(26)29-15/h6-10,12,29H,4-5,26H2,1-3H3,(H,28,31)(H,30,32). The molecule has 7 nitrogen and oxygen atoms in total. The number of nitrogens with one attached hydrogen (secondary N) is 3. The molecule has 2 heterocycles. The van der Waals surface area contributed by atoms with Crippen LogP contribution in [0.25, 0.3) is 0 Å². The molecule has 0 aliphatic heterocycles. The van der Waals surface area contributed by atoms with Gasteiger partial charge in [0.2, 0.25) is 0 Å². The molecule has 11 heteroatoms. The number of anilines is 1. The summed E-state index contributed by atoms with van der Waals surface area (Å²) in [5.74, 6) is -3.65. The normalized spacial score (nSPS) is 15.8. The number of aromatic nitrogens is 2. The highest BCUT2D eigenvalue weighted by Gasteiger charge is 2.31. The average molecular weight is 496 g/mol. The van der Waals surface area contributed by atoms with Crippen LogP contribution in [0.1, 0.15) is 64.8 Å². The fraction of sp³-hybridized carbons (Fsp3) is 0.318. The summed E-state index contributed by atoms with van der Waals surface area (Å²) in [4.78, 5) is 32.4. The Hall–Kier alpha value is -2.98. The Bertz CT molecular complexity index is 1160. The number of H-pyrrole nitrogens is 1. The largest absolute Gasteiger partial charge is 0.385 e. The average Bonchev–Trinajstić information content (AvgIpc) is 3.38. The van der Waals surface area contributed by atoms with E-state index in [-0.39, 0.29) is 27.1 Å². The van der Waals surface area contributed by atoms with Crippen LogP contribution in [0.4, 0.5) is 14.6 Å². The number of nitrogens with two attached hydrogens (primary N) is 1. The van der Waals surface area contributed by atoms with E-state index < -0.39 is 17.9 Å². The van der Waals surface area contributed by atoms with Gasteiger partial charge in [0, 0.05) is 23.2 Å². The van der Waals surface area contributed by atoms with Gasteiger partial charge in [-0.2, -0.15) is 0 Å². The lowest BCUT2D eigenvalue weighted by molar-refractivity contribution is 0.0666. The lowest BCUT2D eigenvalue weighted by Gasteiger charge is -2.19. The van der Waals surface area contributed by atoms with Crippen molar-refractivity contribution in [3.05, 3.63) is 67.9 Å². The first kappa shape index (κ1) is 24.7. The van der Waals surface area contributed by atoms with Crippen LogP contribution in [0, 0.1) is 0 Å². The van der Waals surface area contributed by atoms with E-state index in [2.05, 4.69) is 20.6 Å². The summed E-state index contributed by atoms with van der Waals surface area (Å²) in [6.07, 6.45) is 5.20. The number of halogens is 3. The minimum atomic E-state index is -3.17. The number of hydrogen-bond acceptors (Lipinski definition) is 5. The molecule has 0 aromatic carbocycles. The predicted molar refractivity (Wildman–Crippen MR) is 125 cm³/mol. The van der Waals surface area contributed by atoms with Crippen molar-refractivity contribution in [2.24, 2.45) is 0 Å². The topological polar surface area (TPSA) is 113 Å². The van der Waals surface area contributed by atoms with Crippen LogP contribution in [0.15, 0.2) is 52.4 Å². The molecule has 5 N–H and O–H groups in total. The van der Waals surface area contributed by atoms with Crippen molar-refractivity contribution < 1.29 is 18.4 Å². The van der Waals surface area contributed by atoms with Crippen molar-refractivity contribution in [3.63, 3.8) is 0 Å². The summed E-state index contributed by atoms with van der Waals surface area (Å²) >= 11 is 7.16. The lowest BCUT2D eigenvalue weighted by Crippen LogP contribution is -2.26. The summed E-state index contributed by atoms with van der Waals surface area (Å²) in [7, 11) is 0. The van der Waals surface area contributed by atoms with Crippen LogP contribution >= 0.6 is 22.9 Å². The van der Waals surface area contributed by atoms with E-state index in [1.165, 1.54) is 12.3 Å². The third kappa shape index (κ3) is 6.08. The van der Waals surface area contributed by atoms with Gasteiger partial charge >= 0.3 is 0 Å². The molecular formula is C22H24ClF2N5O2S. The Morgan fingerprint density at radius 2 is 2.06 bits per heavy atom. The first-order valence-electron chi connectivity index (χ1n) is 10.1. The quantitative estimate of drug-likeness (QED) is 0.449. The second kappa shape index (κ2) is 9.88. The molecule has 0 bridgehead atoms. The van der Waals surface area contributed by atoms with Gasteiger partial charge in [-0.3, -0.25) is 9.59 Å². The van der Waals surface area contributed by atoms with Gasteiger partial charge in [0.05, 0.1) is 12.2 Å². The molecule has 1 atom stereocenters. The molecule has 1 aliphatic carbocycles. The number of nitrogen functional groups attached to an aromatic ring is 1. The minimum absolute atomic E-state index is 0.0322. The molecule has 0 fully saturated rings. The first-order chi connectivity index (χ1) is 15.5. The Labute approximate surface area is 198 Å². The lowest BCUT2D eigenvalue weighted by atomic mass is 10.00. The summed E-state index contributed by atoms with van der Waals surface area (Å²) in [6, 6.07) is 2.67. The number of amides is 2. The van der Waals surface area contributed by atoms with Gasteiger partial charge in [-0.15, -0.1) is 11.3 Å². The fourth-order valence-electron chi connectivity index (χ4n) is 3.13. The Balaban J connectivity index is 1.75. The van der Waals surface area contributed by atoms with Gasteiger partial charge in [-0.25, -0.2) is 13.8 Å². The van der Waals surface area contributed by atoms with Crippen LogP contribution < -0.4 is 16.4 Å². The van der Waals surface area contributed by atoms with E-state index in [1.54, 1.807) is 32.1 Å². The van der Waals surface area contributed by atoms with E-state index in [9.17, 15) is 18.4 Å². The van der Waals surface area contributed by atoms with E-state index in [1.807, 2.05) is 0 Å². The van der Waals surface area contributed by atoms with E-state index in [0.29, 0.717) is 29.4 Å². The Kier molecular flexibility index (Phi) is 7.38. The number of allylic oxidation sites excluding steroid dienone is 5. The van der Waals surface area contributed by atoms with Crippen molar-refractivity contribution in [3.8, 4) is 0 Å². The second-order valence-electron chi connectivity index (χ2n) is 7.77. The molecule has 176 valence electrons. The molecule has 3 rings (SSSR count). The smallest absolute Gasteiger partial charge is 0.272 e. The first-order valence-corrected chi connectivity index (χ1v) is 11.3. The minimum Gasteiger partial charge on any atom is -0.385 e. The van der Waals surface area contributed by atoms with Crippen molar-refractivity contribution in [1.29, 1.82) is 0 Å². The van der Waals surface area contributed by atoms with Gasteiger partial charge in [-0.1, -0.05) is 17.7 Å².